The highest BCUT2D eigenvalue weighted by molar-refractivity contribution is 5.76. The predicted molar refractivity (Wildman–Crippen MR) is 49.4 cm³/mol. The van der Waals surface area contributed by atoms with Gasteiger partial charge in [0, 0.05) is 18.9 Å². The molecule has 0 aromatic heterocycles. The van der Waals surface area contributed by atoms with Gasteiger partial charge < -0.3 is 10.4 Å². The molecule has 4 heteroatoms. The minimum atomic E-state index is -0.823. The smallest absolute Gasteiger partial charge is 0.303 e. The first-order valence-electron chi connectivity index (χ1n) is 4.57. The molecular weight excluding hydrogens is 170 g/mol. The van der Waals surface area contributed by atoms with E-state index in [9.17, 15) is 9.59 Å². The molecule has 2 N–H and O–H groups in total. The van der Waals surface area contributed by atoms with E-state index >= 15 is 0 Å². The normalized spacial score (nSPS) is 12.2. The van der Waals surface area contributed by atoms with Crippen molar-refractivity contribution in [1.82, 2.24) is 5.32 Å². The van der Waals surface area contributed by atoms with Gasteiger partial charge >= 0.3 is 5.97 Å². The van der Waals surface area contributed by atoms with Crippen LogP contribution in [0.4, 0.5) is 0 Å². The topological polar surface area (TPSA) is 66.4 Å². The van der Waals surface area contributed by atoms with E-state index in [0.717, 1.165) is 6.42 Å². The van der Waals surface area contributed by atoms with E-state index in [1.807, 2.05) is 13.8 Å². The van der Waals surface area contributed by atoms with Gasteiger partial charge in [0.05, 0.1) is 0 Å². The van der Waals surface area contributed by atoms with Crippen LogP contribution in [-0.2, 0) is 9.59 Å². The maximum absolute atomic E-state index is 11.0. The first-order chi connectivity index (χ1) is 6.06. The summed E-state index contributed by atoms with van der Waals surface area (Å²) < 4.78 is 0. The van der Waals surface area contributed by atoms with Gasteiger partial charge in [-0.25, -0.2) is 0 Å². The highest BCUT2D eigenvalue weighted by atomic mass is 16.4. The van der Waals surface area contributed by atoms with Crippen LogP contribution in [0.5, 0.6) is 0 Å². The fourth-order valence-electron chi connectivity index (χ4n) is 0.986. The fourth-order valence-corrected chi connectivity index (χ4v) is 0.986. The van der Waals surface area contributed by atoms with E-state index < -0.39 is 5.97 Å². The van der Waals surface area contributed by atoms with Crippen LogP contribution in [0.1, 0.15) is 39.5 Å². The van der Waals surface area contributed by atoms with Crippen LogP contribution in [-0.4, -0.2) is 23.0 Å². The molecule has 76 valence electrons. The molecular formula is C9H17NO3. The lowest BCUT2D eigenvalue weighted by molar-refractivity contribution is -0.137. The number of rotatable bonds is 6. The fraction of sp³-hybridized carbons (Fsp3) is 0.778. The number of hydrogen-bond acceptors (Lipinski definition) is 2. The monoisotopic (exact) mass is 187 g/mol. The molecule has 0 rings (SSSR count). The lowest BCUT2D eigenvalue weighted by Crippen LogP contribution is -2.32. The second kappa shape index (κ2) is 6.46. The maximum Gasteiger partial charge on any atom is 0.303 e. The number of carbonyl (C=O) groups is 2. The Labute approximate surface area is 78.3 Å². The maximum atomic E-state index is 11.0. The molecule has 0 fully saturated rings. The van der Waals surface area contributed by atoms with Crippen molar-refractivity contribution in [1.29, 1.82) is 0 Å². The van der Waals surface area contributed by atoms with Gasteiger partial charge in [-0.1, -0.05) is 6.92 Å². The summed E-state index contributed by atoms with van der Waals surface area (Å²) in [6.07, 6.45) is 1.92. The van der Waals surface area contributed by atoms with Crippen LogP contribution < -0.4 is 5.32 Å². The summed E-state index contributed by atoms with van der Waals surface area (Å²) in [7, 11) is 0. The van der Waals surface area contributed by atoms with Crippen molar-refractivity contribution in [3.63, 3.8) is 0 Å². The van der Waals surface area contributed by atoms with Crippen LogP contribution in [0.25, 0.3) is 0 Å². The second-order valence-corrected chi connectivity index (χ2v) is 3.15. The second-order valence-electron chi connectivity index (χ2n) is 3.15. The molecule has 0 aliphatic carbocycles. The molecule has 0 aliphatic heterocycles. The first-order valence-corrected chi connectivity index (χ1v) is 4.57. The van der Waals surface area contributed by atoms with Crippen molar-refractivity contribution in [3.05, 3.63) is 0 Å². The van der Waals surface area contributed by atoms with Gasteiger partial charge in [0.15, 0.2) is 0 Å². The molecule has 0 radical (unpaired) electrons. The Morgan fingerprint density at radius 2 is 2.00 bits per heavy atom. The van der Waals surface area contributed by atoms with Crippen LogP contribution in [0.15, 0.2) is 0 Å². The molecule has 1 unspecified atom stereocenters. The minimum absolute atomic E-state index is 0.000360. The van der Waals surface area contributed by atoms with Gasteiger partial charge in [-0.3, -0.25) is 9.59 Å². The molecule has 13 heavy (non-hydrogen) atoms. The van der Waals surface area contributed by atoms with E-state index in [4.69, 9.17) is 5.11 Å². The number of hydrogen-bond donors (Lipinski definition) is 2. The van der Waals surface area contributed by atoms with Crippen LogP contribution >= 0.6 is 0 Å². The summed E-state index contributed by atoms with van der Waals surface area (Å²) >= 11 is 0. The van der Waals surface area contributed by atoms with Crippen LogP contribution in [0.3, 0.4) is 0 Å². The van der Waals surface area contributed by atoms with E-state index in [1.54, 1.807) is 0 Å². The Balaban J connectivity index is 3.55. The summed E-state index contributed by atoms with van der Waals surface area (Å²) in [6, 6.07) is -0.0462. The molecule has 0 bridgehead atoms. The minimum Gasteiger partial charge on any atom is -0.481 e. The lowest BCUT2D eigenvalue weighted by Gasteiger charge is -2.11. The van der Waals surface area contributed by atoms with E-state index in [2.05, 4.69) is 5.32 Å². The van der Waals surface area contributed by atoms with Gasteiger partial charge in [0.2, 0.25) is 5.91 Å². The van der Waals surface area contributed by atoms with Crippen molar-refractivity contribution in [2.24, 2.45) is 0 Å². The van der Waals surface area contributed by atoms with Gasteiger partial charge in [0.25, 0.3) is 0 Å². The third-order valence-electron chi connectivity index (χ3n) is 1.68. The molecule has 0 saturated carbocycles. The Hall–Kier alpha value is -1.06. The van der Waals surface area contributed by atoms with E-state index in [1.165, 1.54) is 0 Å². The largest absolute Gasteiger partial charge is 0.481 e. The number of aliphatic carboxylic acids is 1. The molecule has 0 aliphatic rings. The molecule has 1 amide bonds. The standard InChI is InChI=1S/C9H17NO3/c1-3-4-8(11)10-7(2)5-6-9(12)13/h7H,3-6H2,1-2H3,(H,10,11)(H,12,13). The molecule has 1 atom stereocenters. The quantitative estimate of drug-likeness (QED) is 0.655. The number of nitrogens with one attached hydrogen (secondary N) is 1. The Morgan fingerprint density at radius 3 is 2.46 bits per heavy atom. The van der Waals surface area contributed by atoms with Gasteiger partial charge in [-0.2, -0.15) is 0 Å². The SMILES string of the molecule is CCCC(=O)NC(C)CCC(=O)O. The van der Waals surface area contributed by atoms with Crippen molar-refractivity contribution >= 4 is 11.9 Å². The van der Waals surface area contributed by atoms with Crippen molar-refractivity contribution < 1.29 is 14.7 Å². The third kappa shape index (κ3) is 7.31. The zero-order valence-electron chi connectivity index (χ0n) is 8.17. The van der Waals surface area contributed by atoms with Crippen molar-refractivity contribution in [2.75, 3.05) is 0 Å². The molecule has 0 spiro atoms. The zero-order valence-corrected chi connectivity index (χ0v) is 8.17. The predicted octanol–water partition coefficient (Wildman–Crippen LogP) is 1.16. The summed E-state index contributed by atoms with van der Waals surface area (Å²) in [4.78, 5) is 21.2. The van der Waals surface area contributed by atoms with Crippen molar-refractivity contribution in [3.8, 4) is 0 Å². The first kappa shape index (κ1) is 11.9. The van der Waals surface area contributed by atoms with Crippen LogP contribution in [0.2, 0.25) is 0 Å². The Kier molecular flexibility index (Phi) is 5.93. The average Bonchev–Trinajstić information content (AvgIpc) is 2.01. The number of carbonyl (C=O) groups excluding carboxylic acids is 1. The Bertz CT molecular complexity index is 180. The van der Waals surface area contributed by atoms with Gasteiger partial charge in [-0.05, 0) is 19.8 Å². The van der Waals surface area contributed by atoms with Crippen molar-refractivity contribution in [2.45, 2.75) is 45.6 Å². The number of carboxylic acids is 1. The molecule has 0 saturated heterocycles. The lowest BCUT2D eigenvalue weighted by atomic mass is 10.2. The summed E-state index contributed by atoms with van der Waals surface area (Å²) in [5, 5.41) is 11.1. The number of amides is 1. The highest BCUT2D eigenvalue weighted by Crippen LogP contribution is 1.97. The van der Waals surface area contributed by atoms with E-state index in [-0.39, 0.29) is 18.4 Å². The molecule has 4 nitrogen and oxygen atoms in total. The van der Waals surface area contributed by atoms with Gasteiger partial charge in [0.1, 0.15) is 0 Å². The average molecular weight is 187 g/mol. The summed E-state index contributed by atoms with van der Waals surface area (Å²) in [5.41, 5.74) is 0. The summed E-state index contributed by atoms with van der Waals surface area (Å²) in [6.45, 7) is 3.75. The molecule has 0 aromatic carbocycles. The molecule has 0 aromatic rings. The Morgan fingerprint density at radius 1 is 1.38 bits per heavy atom. The zero-order chi connectivity index (χ0) is 10.3. The van der Waals surface area contributed by atoms with Crippen LogP contribution in [0, 0.1) is 0 Å². The highest BCUT2D eigenvalue weighted by Gasteiger charge is 2.07. The third-order valence-corrected chi connectivity index (χ3v) is 1.68. The van der Waals surface area contributed by atoms with E-state index in [0.29, 0.717) is 12.8 Å². The van der Waals surface area contributed by atoms with Gasteiger partial charge in [-0.15, -0.1) is 0 Å². The molecule has 0 heterocycles. The number of carboxylic acid groups (broad SMARTS) is 1. The summed E-state index contributed by atoms with van der Waals surface area (Å²) in [5.74, 6) is -0.822.